The van der Waals surface area contributed by atoms with Crippen molar-refractivity contribution in [3.63, 3.8) is 0 Å². The standard InChI is InChI=1S/C14H18FN3O2/c1-2-12-14(20)17-13(19)8-18(12)7-9-3-4-11(15)5-10(9)6-16/h3-5,12H,2,6-8,16H2,1H3,(H,17,19,20). The molecule has 0 spiro atoms. The maximum Gasteiger partial charge on any atom is 0.243 e. The van der Waals surface area contributed by atoms with Crippen LogP contribution in [0.4, 0.5) is 4.39 Å². The summed E-state index contributed by atoms with van der Waals surface area (Å²) in [5.41, 5.74) is 7.15. The van der Waals surface area contributed by atoms with Crippen LogP contribution in [0, 0.1) is 5.82 Å². The Morgan fingerprint density at radius 2 is 2.15 bits per heavy atom. The summed E-state index contributed by atoms with van der Waals surface area (Å²) < 4.78 is 13.2. The quantitative estimate of drug-likeness (QED) is 0.788. The van der Waals surface area contributed by atoms with Crippen LogP contribution in [0.2, 0.25) is 0 Å². The Hall–Kier alpha value is -1.79. The van der Waals surface area contributed by atoms with E-state index in [0.29, 0.717) is 18.5 Å². The fourth-order valence-corrected chi connectivity index (χ4v) is 2.49. The number of benzene rings is 1. The molecule has 5 nitrogen and oxygen atoms in total. The van der Waals surface area contributed by atoms with E-state index >= 15 is 0 Å². The highest BCUT2D eigenvalue weighted by Gasteiger charge is 2.32. The molecule has 0 saturated carbocycles. The molecule has 0 bridgehead atoms. The van der Waals surface area contributed by atoms with Gasteiger partial charge in [-0.25, -0.2) is 4.39 Å². The molecule has 1 aromatic carbocycles. The van der Waals surface area contributed by atoms with Crippen molar-refractivity contribution in [2.75, 3.05) is 6.54 Å². The number of nitrogens with one attached hydrogen (secondary N) is 1. The van der Waals surface area contributed by atoms with Crippen LogP contribution in [0.3, 0.4) is 0 Å². The highest BCUT2D eigenvalue weighted by atomic mass is 19.1. The molecule has 1 unspecified atom stereocenters. The van der Waals surface area contributed by atoms with Crippen molar-refractivity contribution in [2.45, 2.75) is 32.5 Å². The Morgan fingerprint density at radius 3 is 2.80 bits per heavy atom. The number of hydrogen-bond acceptors (Lipinski definition) is 4. The zero-order valence-electron chi connectivity index (χ0n) is 11.4. The number of amides is 2. The minimum Gasteiger partial charge on any atom is -0.326 e. The minimum absolute atomic E-state index is 0.158. The van der Waals surface area contributed by atoms with Crippen molar-refractivity contribution in [1.82, 2.24) is 10.2 Å². The molecule has 2 rings (SSSR count). The summed E-state index contributed by atoms with van der Waals surface area (Å²) in [4.78, 5) is 25.1. The number of carbonyl (C=O) groups excluding carboxylic acids is 2. The number of nitrogens with zero attached hydrogens (tertiary/aromatic N) is 1. The van der Waals surface area contributed by atoms with Crippen molar-refractivity contribution in [3.8, 4) is 0 Å². The number of hydrogen-bond donors (Lipinski definition) is 2. The number of imide groups is 1. The van der Waals surface area contributed by atoms with Crippen molar-refractivity contribution in [1.29, 1.82) is 0 Å². The number of carbonyl (C=O) groups is 2. The maximum absolute atomic E-state index is 13.2. The van der Waals surface area contributed by atoms with Crippen LogP contribution in [0.15, 0.2) is 18.2 Å². The SMILES string of the molecule is CCC1C(=O)NC(=O)CN1Cc1ccc(F)cc1CN. The lowest BCUT2D eigenvalue weighted by Gasteiger charge is -2.33. The van der Waals surface area contributed by atoms with Gasteiger partial charge >= 0.3 is 0 Å². The highest BCUT2D eigenvalue weighted by Crippen LogP contribution is 2.18. The van der Waals surface area contributed by atoms with Gasteiger partial charge in [0.05, 0.1) is 12.6 Å². The second-order valence-corrected chi connectivity index (χ2v) is 4.86. The van der Waals surface area contributed by atoms with E-state index in [9.17, 15) is 14.0 Å². The lowest BCUT2D eigenvalue weighted by Crippen LogP contribution is -2.57. The van der Waals surface area contributed by atoms with Crippen LogP contribution in [0.25, 0.3) is 0 Å². The van der Waals surface area contributed by atoms with Gasteiger partial charge in [-0.3, -0.25) is 19.8 Å². The summed E-state index contributed by atoms with van der Waals surface area (Å²) >= 11 is 0. The van der Waals surface area contributed by atoms with Crippen LogP contribution in [0.5, 0.6) is 0 Å². The first-order valence-electron chi connectivity index (χ1n) is 6.60. The Kier molecular flexibility index (Phi) is 4.46. The molecule has 1 aromatic rings. The van der Waals surface area contributed by atoms with Crippen LogP contribution < -0.4 is 11.1 Å². The Morgan fingerprint density at radius 1 is 1.40 bits per heavy atom. The van der Waals surface area contributed by atoms with Crippen LogP contribution in [-0.2, 0) is 22.7 Å². The predicted molar refractivity (Wildman–Crippen MR) is 71.9 cm³/mol. The maximum atomic E-state index is 13.2. The lowest BCUT2D eigenvalue weighted by molar-refractivity contribution is -0.140. The lowest BCUT2D eigenvalue weighted by atomic mass is 10.0. The molecule has 1 saturated heterocycles. The second kappa shape index (κ2) is 6.11. The van der Waals surface area contributed by atoms with E-state index in [-0.39, 0.29) is 36.8 Å². The van der Waals surface area contributed by atoms with Crippen molar-refractivity contribution >= 4 is 11.8 Å². The molecule has 3 N–H and O–H groups in total. The molecule has 108 valence electrons. The summed E-state index contributed by atoms with van der Waals surface area (Å²) in [5.74, 6) is -0.926. The largest absolute Gasteiger partial charge is 0.326 e. The number of nitrogens with two attached hydrogens (primary N) is 1. The molecule has 0 aliphatic carbocycles. The van der Waals surface area contributed by atoms with Gasteiger partial charge in [-0.1, -0.05) is 13.0 Å². The van der Waals surface area contributed by atoms with Crippen molar-refractivity contribution < 1.29 is 14.0 Å². The number of piperazine rings is 1. The third kappa shape index (κ3) is 3.02. The molecule has 0 aromatic heterocycles. The molecular formula is C14H18FN3O2. The van der Waals surface area contributed by atoms with Gasteiger partial charge in [0.25, 0.3) is 0 Å². The summed E-state index contributed by atoms with van der Waals surface area (Å²) in [7, 11) is 0. The van der Waals surface area contributed by atoms with Crippen LogP contribution >= 0.6 is 0 Å². The average molecular weight is 279 g/mol. The van der Waals surface area contributed by atoms with E-state index in [1.54, 1.807) is 11.0 Å². The molecule has 1 atom stereocenters. The number of halogens is 1. The fraction of sp³-hybridized carbons (Fsp3) is 0.429. The van der Waals surface area contributed by atoms with Gasteiger partial charge in [-0.15, -0.1) is 0 Å². The Labute approximate surface area is 116 Å². The van der Waals surface area contributed by atoms with E-state index < -0.39 is 0 Å². The first kappa shape index (κ1) is 14.6. The molecule has 1 fully saturated rings. The highest BCUT2D eigenvalue weighted by molar-refractivity contribution is 6.01. The van der Waals surface area contributed by atoms with E-state index in [0.717, 1.165) is 5.56 Å². The molecule has 6 heteroatoms. The molecule has 0 radical (unpaired) electrons. The van der Waals surface area contributed by atoms with E-state index in [1.807, 2.05) is 6.92 Å². The van der Waals surface area contributed by atoms with Crippen LogP contribution in [-0.4, -0.2) is 29.3 Å². The third-order valence-corrected chi connectivity index (χ3v) is 3.50. The fourth-order valence-electron chi connectivity index (χ4n) is 2.49. The van der Waals surface area contributed by atoms with Gasteiger partial charge in [0.2, 0.25) is 11.8 Å². The van der Waals surface area contributed by atoms with Crippen molar-refractivity contribution in [2.24, 2.45) is 5.73 Å². The summed E-state index contributed by atoms with van der Waals surface area (Å²) in [6.45, 7) is 2.68. The molecule has 1 aliphatic rings. The van der Waals surface area contributed by atoms with Gasteiger partial charge < -0.3 is 5.73 Å². The molecule has 1 aliphatic heterocycles. The summed E-state index contributed by atoms with van der Waals surface area (Å²) in [6, 6.07) is 4.06. The second-order valence-electron chi connectivity index (χ2n) is 4.86. The average Bonchev–Trinajstić information content (AvgIpc) is 2.40. The molecule has 20 heavy (non-hydrogen) atoms. The van der Waals surface area contributed by atoms with Gasteiger partial charge in [0.1, 0.15) is 5.82 Å². The monoisotopic (exact) mass is 279 g/mol. The Bertz CT molecular complexity index is 533. The molecular weight excluding hydrogens is 261 g/mol. The Balaban J connectivity index is 2.23. The summed E-state index contributed by atoms with van der Waals surface area (Å²) in [6.07, 6.45) is 0.609. The molecule has 1 heterocycles. The molecule has 2 amide bonds. The normalized spacial score (nSPS) is 20.1. The van der Waals surface area contributed by atoms with E-state index in [4.69, 9.17) is 5.73 Å². The minimum atomic E-state index is -0.344. The van der Waals surface area contributed by atoms with E-state index in [1.165, 1.54) is 12.1 Å². The van der Waals surface area contributed by atoms with Crippen LogP contribution in [0.1, 0.15) is 24.5 Å². The van der Waals surface area contributed by atoms with Gasteiger partial charge in [0, 0.05) is 13.1 Å². The van der Waals surface area contributed by atoms with Gasteiger partial charge in [0.15, 0.2) is 0 Å². The topological polar surface area (TPSA) is 75.4 Å². The zero-order chi connectivity index (χ0) is 14.7. The van der Waals surface area contributed by atoms with Gasteiger partial charge in [-0.2, -0.15) is 0 Å². The first-order chi connectivity index (χ1) is 9.55. The van der Waals surface area contributed by atoms with E-state index in [2.05, 4.69) is 5.32 Å². The van der Waals surface area contributed by atoms with Crippen molar-refractivity contribution in [3.05, 3.63) is 35.1 Å². The predicted octanol–water partition coefficient (Wildman–Crippen LogP) is 0.521. The smallest absolute Gasteiger partial charge is 0.243 e. The zero-order valence-corrected chi connectivity index (χ0v) is 11.4. The van der Waals surface area contributed by atoms with Gasteiger partial charge in [-0.05, 0) is 29.7 Å². The number of rotatable bonds is 4. The first-order valence-corrected chi connectivity index (χ1v) is 6.60. The summed E-state index contributed by atoms with van der Waals surface area (Å²) in [5, 5.41) is 2.33. The third-order valence-electron chi connectivity index (χ3n) is 3.50.